The van der Waals surface area contributed by atoms with Gasteiger partial charge in [-0.1, -0.05) is 18.2 Å². The largest absolute Gasteiger partial charge is 0.496 e. The van der Waals surface area contributed by atoms with E-state index in [1.54, 1.807) is 14.2 Å². The highest BCUT2D eigenvalue weighted by atomic mass is 16.5. The standard InChI is InChI=1S/C15H23NO3/c1-18-12-6-5-9-16(10-12)11-14(17)13-7-3-4-8-15(13)19-2/h3-4,7-8,12,14,17H,5-6,9-11H2,1-2H3. The first-order chi connectivity index (χ1) is 9.24. The van der Waals surface area contributed by atoms with Crippen molar-refractivity contribution in [1.82, 2.24) is 4.90 Å². The number of hydrogen-bond donors (Lipinski definition) is 1. The summed E-state index contributed by atoms with van der Waals surface area (Å²) in [7, 11) is 3.39. The summed E-state index contributed by atoms with van der Waals surface area (Å²) in [5.74, 6) is 0.746. The molecule has 0 spiro atoms. The smallest absolute Gasteiger partial charge is 0.124 e. The van der Waals surface area contributed by atoms with Gasteiger partial charge in [-0.25, -0.2) is 0 Å². The number of nitrogens with zero attached hydrogens (tertiary/aromatic N) is 1. The minimum absolute atomic E-state index is 0.290. The van der Waals surface area contributed by atoms with Crippen LogP contribution in [0.25, 0.3) is 0 Å². The summed E-state index contributed by atoms with van der Waals surface area (Å²) in [6.07, 6.45) is 2.00. The van der Waals surface area contributed by atoms with E-state index in [4.69, 9.17) is 9.47 Å². The van der Waals surface area contributed by atoms with Crippen molar-refractivity contribution in [3.05, 3.63) is 29.8 Å². The number of aliphatic hydroxyl groups is 1. The zero-order valence-corrected chi connectivity index (χ0v) is 11.7. The molecule has 0 amide bonds. The average Bonchev–Trinajstić information content (AvgIpc) is 2.47. The van der Waals surface area contributed by atoms with Gasteiger partial charge in [0.05, 0.1) is 19.3 Å². The van der Waals surface area contributed by atoms with Crippen LogP contribution in [0.5, 0.6) is 5.75 Å². The fraction of sp³-hybridized carbons (Fsp3) is 0.600. The van der Waals surface area contributed by atoms with Crippen LogP contribution in [0.3, 0.4) is 0 Å². The SMILES string of the molecule is COc1ccccc1C(O)CN1CCCC(OC)C1. The molecule has 1 N–H and O–H groups in total. The van der Waals surface area contributed by atoms with Crippen LogP contribution in [0.4, 0.5) is 0 Å². The van der Waals surface area contributed by atoms with Crippen molar-refractivity contribution in [3.8, 4) is 5.75 Å². The lowest BCUT2D eigenvalue weighted by atomic mass is 10.0. The Morgan fingerprint density at radius 3 is 2.89 bits per heavy atom. The summed E-state index contributed by atoms with van der Waals surface area (Å²) in [6.45, 7) is 2.54. The number of aliphatic hydroxyl groups excluding tert-OH is 1. The van der Waals surface area contributed by atoms with E-state index >= 15 is 0 Å². The van der Waals surface area contributed by atoms with Crippen molar-refractivity contribution in [2.75, 3.05) is 33.9 Å². The maximum absolute atomic E-state index is 10.4. The zero-order chi connectivity index (χ0) is 13.7. The van der Waals surface area contributed by atoms with Crippen LogP contribution in [0.2, 0.25) is 0 Å². The van der Waals surface area contributed by atoms with Crippen LogP contribution < -0.4 is 4.74 Å². The molecule has 4 nitrogen and oxygen atoms in total. The molecule has 1 aromatic carbocycles. The number of β-amino-alcohol motifs (C(OH)–C–C–N with tert-alkyl or cyclic N) is 1. The van der Waals surface area contributed by atoms with E-state index in [2.05, 4.69) is 4.90 Å². The molecule has 2 unspecified atom stereocenters. The maximum Gasteiger partial charge on any atom is 0.124 e. The lowest BCUT2D eigenvalue weighted by Gasteiger charge is -2.33. The summed E-state index contributed by atoms with van der Waals surface area (Å²) in [5, 5.41) is 10.4. The second-order valence-corrected chi connectivity index (χ2v) is 5.02. The van der Waals surface area contributed by atoms with Gasteiger partial charge in [0.2, 0.25) is 0 Å². The molecule has 4 heteroatoms. The predicted octanol–water partition coefficient (Wildman–Crippen LogP) is 1.84. The maximum atomic E-state index is 10.4. The van der Waals surface area contributed by atoms with E-state index < -0.39 is 6.10 Å². The van der Waals surface area contributed by atoms with E-state index in [9.17, 15) is 5.11 Å². The molecule has 1 saturated heterocycles. The molecule has 1 aliphatic heterocycles. The molecular weight excluding hydrogens is 242 g/mol. The van der Waals surface area contributed by atoms with Crippen molar-refractivity contribution in [3.63, 3.8) is 0 Å². The third-order valence-electron chi connectivity index (χ3n) is 3.72. The first kappa shape index (κ1) is 14.3. The molecule has 0 aliphatic carbocycles. The number of benzene rings is 1. The van der Waals surface area contributed by atoms with Crippen LogP contribution in [0.1, 0.15) is 24.5 Å². The van der Waals surface area contributed by atoms with Gasteiger partial charge in [-0.3, -0.25) is 4.90 Å². The second-order valence-electron chi connectivity index (χ2n) is 5.02. The Morgan fingerprint density at radius 1 is 1.37 bits per heavy atom. The highest BCUT2D eigenvalue weighted by Crippen LogP contribution is 2.26. The minimum atomic E-state index is -0.522. The third kappa shape index (κ3) is 3.69. The van der Waals surface area contributed by atoms with Gasteiger partial charge in [0.15, 0.2) is 0 Å². The van der Waals surface area contributed by atoms with Gasteiger partial charge >= 0.3 is 0 Å². The van der Waals surface area contributed by atoms with Gasteiger partial charge in [-0.2, -0.15) is 0 Å². The molecule has 106 valence electrons. The van der Waals surface area contributed by atoms with Gasteiger partial charge in [-0.05, 0) is 25.5 Å². The van der Waals surface area contributed by atoms with Crippen molar-refractivity contribution >= 4 is 0 Å². The quantitative estimate of drug-likeness (QED) is 0.882. The van der Waals surface area contributed by atoms with Crippen molar-refractivity contribution < 1.29 is 14.6 Å². The van der Waals surface area contributed by atoms with E-state index in [1.807, 2.05) is 24.3 Å². The fourth-order valence-corrected chi connectivity index (χ4v) is 2.66. The molecule has 1 aromatic rings. The monoisotopic (exact) mass is 265 g/mol. The van der Waals surface area contributed by atoms with Gasteiger partial charge in [0.1, 0.15) is 5.75 Å². The third-order valence-corrected chi connectivity index (χ3v) is 3.72. The highest BCUT2D eigenvalue weighted by Gasteiger charge is 2.23. The first-order valence-electron chi connectivity index (χ1n) is 6.80. The average molecular weight is 265 g/mol. The summed E-state index contributed by atoms with van der Waals surface area (Å²) in [6, 6.07) is 7.64. The second kappa shape index (κ2) is 6.89. The fourth-order valence-electron chi connectivity index (χ4n) is 2.66. The van der Waals surface area contributed by atoms with Gasteiger partial charge in [0, 0.05) is 25.8 Å². The Hall–Kier alpha value is -1.10. The van der Waals surface area contributed by atoms with Crippen LogP contribution in [-0.4, -0.2) is 50.0 Å². The van der Waals surface area contributed by atoms with Gasteiger partial charge in [-0.15, -0.1) is 0 Å². The van der Waals surface area contributed by atoms with E-state index in [1.165, 1.54) is 0 Å². The molecule has 1 fully saturated rings. The van der Waals surface area contributed by atoms with Crippen LogP contribution in [0, 0.1) is 0 Å². The predicted molar refractivity (Wildman–Crippen MR) is 74.4 cm³/mol. The molecule has 2 atom stereocenters. The lowest BCUT2D eigenvalue weighted by Crippen LogP contribution is -2.41. The molecule has 19 heavy (non-hydrogen) atoms. The Balaban J connectivity index is 1.98. The summed E-state index contributed by atoms with van der Waals surface area (Å²) < 4.78 is 10.7. The molecular formula is C15H23NO3. The summed E-state index contributed by atoms with van der Waals surface area (Å²) >= 11 is 0. The lowest BCUT2D eigenvalue weighted by molar-refractivity contribution is 0.0124. The number of hydrogen-bond acceptors (Lipinski definition) is 4. The Bertz CT molecular complexity index is 397. The van der Waals surface area contributed by atoms with E-state index in [-0.39, 0.29) is 0 Å². The van der Waals surface area contributed by atoms with E-state index in [0.29, 0.717) is 12.6 Å². The summed E-state index contributed by atoms with van der Waals surface area (Å²) in [5.41, 5.74) is 0.851. The van der Waals surface area contributed by atoms with E-state index in [0.717, 1.165) is 37.2 Å². The number of methoxy groups -OCH3 is 2. The molecule has 1 heterocycles. The Morgan fingerprint density at radius 2 is 2.16 bits per heavy atom. The molecule has 2 rings (SSSR count). The molecule has 0 radical (unpaired) electrons. The molecule has 0 aromatic heterocycles. The molecule has 0 saturated carbocycles. The van der Waals surface area contributed by atoms with Crippen LogP contribution >= 0.6 is 0 Å². The van der Waals surface area contributed by atoms with Crippen LogP contribution in [0.15, 0.2) is 24.3 Å². The number of rotatable bonds is 5. The number of ether oxygens (including phenoxy) is 2. The minimum Gasteiger partial charge on any atom is -0.496 e. The Kier molecular flexibility index (Phi) is 5.19. The van der Waals surface area contributed by atoms with Crippen molar-refractivity contribution in [1.29, 1.82) is 0 Å². The van der Waals surface area contributed by atoms with Crippen LogP contribution in [-0.2, 0) is 4.74 Å². The topological polar surface area (TPSA) is 41.9 Å². The molecule has 1 aliphatic rings. The number of likely N-dealkylation sites (tertiary alicyclic amines) is 1. The van der Waals surface area contributed by atoms with Gasteiger partial charge in [0.25, 0.3) is 0 Å². The van der Waals surface area contributed by atoms with Crippen molar-refractivity contribution in [2.24, 2.45) is 0 Å². The zero-order valence-electron chi connectivity index (χ0n) is 11.7. The van der Waals surface area contributed by atoms with Crippen molar-refractivity contribution in [2.45, 2.75) is 25.0 Å². The number of piperidine rings is 1. The first-order valence-corrected chi connectivity index (χ1v) is 6.80. The van der Waals surface area contributed by atoms with Gasteiger partial charge < -0.3 is 14.6 Å². The Labute approximate surface area is 114 Å². The normalized spacial score (nSPS) is 22.2. The highest BCUT2D eigenvalue weighted by molar-refractivity contribution is 5.35. The molecule has 0 bridgehead atoms. The number of para-hydroxylation sites is 1. The summed E-state index contributed by atoms with van der Waals surface area (Å²) in [4.78, 5) is 2.26.